The van der Waals surface area contributed by atoms with Gasteiger partial charge in [-0.2, -0.15) is 9.97 Å². The summed E-state index contributed by atoms with van der Waals surface area (Å²) < 4.78 is 0. The maximum absolute atomic E-state index is 11.6. The molecule has 0 aliphatic carbocycles. The third-order valence-electron chi connectivity index (χ3n) is 3.82. The first-order chi connectivity index (χ1) is 13.6. The zero-order valence-corrected chi connectivity index (χ0v) is 15.8. The van der Waals surface area contributed by atoms with Crippen LogP contribution in [0, 0.1) is 0 Å². The summed E-state index contributed by atoms with van der Waals surface area (Å²) in [5, 5.41) is 3.34. The van der Waals surface area contributed by atoms with E-state index >= 15 is 0 Å². The second-order valence-electron chi connectivity index (χ2n) is 5.94. The van der Waals surface area contributed by atoms with Gasteiger partial charge in [-0.3, -0.25) is 4.79 Å². The summed E-state index contributed by atoms with van der Waals surface area (Å²) in [7, 11) is 0. The molecule has 0 saturated heterocycles. The minimum atomic E-state index is -0.273. The summed E-state index contributed by atoms with van der Waals surface area (Å²) in [6.07, 6.45) is 0. The minimum Gasteiger partial charge on any atom is -0.368 e. The molecule has 4 aromatic rings. The van der Waals surface area contributed by atoms with Crippen molar-refractivity contribution in [1.29, 1.82) is 0 Å². The normalized spacial score (nSPS) is 10.8. The van der Waals surface area contributed by atoms with Gasteiger partial charge >= 0.3 is 0 Å². The van der Waals surface area contributed by atoms with Crippen LogP contribution in [0.1, 0.15) is 6.92 Å². The van der Waals surface area contributed by atoms with Gasteiger partial charge in [0, 0.05) is 17.4 Å². The van der Waals surface area contributed by atoms with Gasteiger partial charge in [0.1, 0.15) is 10.7 Å². The number of benzene rings is 2. The van der Waals surface area contributed by atoms with E-state index in [-0.39, 0.29) is 17.7 Å². The summed E-state index contributed by atoms with van der Waals surface area (Å²) in [6.45, 7) is 1.40. The third kappa shape index (κ3) is 3.77. The van der Waals surface area contributed by atoms with Gasteiger partial charge in [0.15, 0.2) is 17.0 Å². The predicted octanol–water partition coefficient (Wildman–Crippen LogP) is 3.78. The van der Waals surface area contributed by atoms with Crippen molar-refractivity contribution in [3.8, 4) is 11.3 Å². The number of nitrogen functional groups attached to an aromatic ring is 1. The summed E-state index contributed by atoms with van der Waals surface area (Å²) in [4.78, 5) is 30.4. The SMILES string of the molecule is CC(=O)Nc1nc(N)nc2nc(-c3ccccc3)c(Sc3ccccc3)nc12. The van der Waals surface area contributed by atoms with E-state index < -0.39 is 0 Å². The number of carbonyl (C=O) groups excluding carboxylic acids is 1. The zero-order chi connectivity index (χ0) is 19.5. The molecule has 0 bridgehead atoms. The predicted molar refractivity (Wildman–Crippen MR) is 110 cm³/mol. The number of nitrogens with one attached hydrogen (secondary N) is 1. The van der Waals surface area contributed by atoms with Gasteiger partial charge in [0.05, 0.1) is 0 Å². The molecule has 0 radical (unpaired) electrons. The Morgan fingerprint density at radius 2 is 1.61 bits per heavy atom. The van der Waals surface area contributed by atoms with Gasteiger partial charge in [0.2, 0.25) is 11.9 Å². The van der Waals surface area contributed by atoms with E-state index in [2.05, 4.69) is 15.3 Å². The second-order valence-corrected chi connectivity index (χ2v) is 7.00. The highest BCUT2D eigenvalue weighted by atomic mass is 32.2. The average Bonchev–Trinajstić information content (AvgIpc) is 2.69. The molecule has 0 aliphatic heterocycles. The van der Waals surface area contributed by atoms with Crippen LogP contribution in [0.4, 0.5) is 11.8 Å². The van der Waals surface area contributed by atoms with E-state index in [1.807, 2.05) is 60.7 Å². The maximum Gasteiger partial charge on any atom is 0.224 e. The number of hydrogen-bond donors (Lipinski definition) is 2. The highest BCUT2D eigenvalue weighted by molar-refractivity contribution is 7.99. The molecule has 138 valence electrons. The summed E-state index contributed by atoms with van der Waals surface area (Å²) in [5.74, 6) is -0.00403. The van der Waals surface area contributed by atoms with E-state index in [1.54, 1.807) is 0 Å². The number of carbonyl (C=O) groups is 1. The Morgan fingerprint density at radius 1 is 0.929 bits per heavy atom. The number of fused-ring (bicyclic) bond motifs is 1. The lowest BCUT2D eigenvalue weighted by atomic mass is 10.1. The van der Waals surface area contributed by atoms with E-state index in [4.69, 9.17) is 15.7 Å². The zero-order valence-electron chi connectivity index (χ0n) is 15.0. The quantitative estimate of drug-likeness (QED) is 0.548. The molecule has 2 aromatic carbocycles. The number of nitrogens with two attached hydrogens (primary N) is 1. The Hall–Kier alpha value is -3.52. The van der Waals surface area contributed by atoms with Crippen LogP contribution in [0.15, 0.2) is 70.6 Å². The number of amides is 1. The van der Waals surface area contributed by atoms with Crippen molar-refractivity contribution in [1.82, 2.24) is 19.9 Å². The van der Waals surface area contributed by atoms with Crippen molar-refractivity contribution in [2.45, 2.75) is 16.8 Å². The highest BCUT2D eigenvalue weighted by Crippen LogP contribution is 2.35. The van der Waals surface area contributed by atoms with Crippen molar-refractivity contribution >= 4 is 40.6 Å². The van der Waals surface area contributed by atoms with Crippen molar-refractivity contribution in [3.05, 3.63) is 60.7 Å². The van der Waals surface area contributed by atoms with Gasteiger partial charge in [-0.25, -0.2) is 9.97 Å². The van der Waals surface area contributed by atoms with Crippen LogP contribution in [-0.2, 0) is 4.79 Å². The van der Waals surface area contributed by atoms with Crippen LogP contribution in [0.2, 0.25) is 0 Å². The van der Waals surface area contributed by atoms with Crippen LogP contribution in [0.3, 0.4) is 0 Å². The molecule has 0 saturated carbocycles. The van der Waals surface area contributed by atoms with Gasteiger partial charge in [-0.05, 0) is 12.1 Å². The standard InChI is InChI=1S/C20H16N6OS/c1-12(27)22-17-16-18(26-20(21)25-17)23-15(13-8-4-2-5-9-13)19(24-16)28-14-10-6-3-7-11-14/h2-11H,1H3,(H3,21,22,23,25,26,27). The van der Waals surface area contributed by atoms with Crippen LogP contribution in [-0.4, -0.2) is 25.8 Å². The molecular weight excluding hydrogens is 372 g/mol. The fourth-order valence-electron chi connectivity index (χ4n) is 2.66. The molecule has 0 spiro atoms. The molecule has 0 fully saturated rings. The first-order valence-electron chi connectivity index (χ1n) is 8.51. The Balaban J connectivity index is 1.94. The number of hydrogen-bond acceptors (Lipinski definition) is 7. The van der Waals surface area contributed by atoms with Crippen molar-refractivity contribution in [2.75, 3.05) is 11.1 Å². The van der Waals surface area contributed by atoms with E-state index in [1.165, 1.54) is 18.7 Å². The van der Waals surface area contributed by atoms with Gasteiger partial charge in [0.25, 0.3) is 0 Å². The van der Waals surface area contributed by atoms with E-state index in [9.17, 15) is 4.79 Å². The Morgan fingerprint density at radius 3 is 2.29 bits per heavy atom. The number of anilines is 2. The topological polar surface area (TPSA) is 107 Å². The minimum absolute atomic E-state index is 0.0213. The number of aromatic nitrogens is 4. The maximum atomic E-state index is 11.6. The van der Waals surface area contributed by atoms with E-state index in [0.29, 0.717) is 21.9 Å². The average molecular weight is 388 g/mol. The Labute approximate surface area is 165 Å². The monoisotopic (exact) mass is 388 g/mol. The molecular formula is C20H16N6OS. The molecule has 1 amide bonds. The summed E-state index contributed by atoms with van der Waals surface area (Å²) >= 11 is 1.48. The van der Waals surface area contributed by atoms with Gasteiger partial charge < -0.3 is 11.1 Å². The van der Waals surface area contributed by atoms with Crippen LogP contribution in [0.25, 0.3) is 22.4 Å². The lowest BCUT2D eigenvalue weighted by molar-refractivity contribution is -0.114. The van der Waals surface area contributed by atoms with Crippen LogP contribution < -0.4 is 11.1 Å². The Bertz CT molecular complexity index is 1150. The van der Waals surface area contributed by atoms with Crippen molar-refractivity contribution in [3.63, 3.8) is 0 Å². The lowest BCUT2D eigenvalue weighted by Gasteiger charge is -2.12. The fourth-order valence-corrected chi connectivity index (χ4v) is 3.57. The van der Waals surface area contributed by atoms with Crippen molar-refractivity contribution in [2.24, 2.45) is 0 Å². The largest absolute Gasteiger partial charge is 0.368 e. The molecule has 28 heavy (non-hydrogen) atoms. The van der Waals surface area contributed by atoms with Gasteiger partial charge in [-0.1, -0.05) is 60.3 Å². The molecule has 7 nitrogen and oxygen atoms in total. The molecule has 8 heteroatoms. The molecule has 2 heterocycles. The first kappa shape index (κ1) is 17.9. The molecule has 4 rings (SSSR count). The summed E-state index contributed by atoms with van der Waals surface area (Å²) in [5.41, 5.74) is 8.12. The molecule has 0 atom stereocenters. The Kier molecular flexibility index (Phi) is 4.86. The summed E-state index contributed by atoms with van der Waals surface area (Å²) in [6, 6.07) is 19.6. The van der Waals surface area contributed by atoms with Crippen LogP contribution in [0.5, 0.6) is 0 Å². The second kappa shape index (κ2) is 7.61. The molecule has 2 aromatic heterocycles. The third-order valence-corrected chi connectivity index (χ3v) is 4.80. The van der Waals surface area contributed by atoms with E-state index in [0.717, 1.165) is 10.5 Å². The van der Waals surface area contributed by atoms with Gasteiger partial charge in [-0.15, -0.1) is 0 Å². The van der Waals surface area contributed by atoms with Crippen LogP contribution >= 0.6 is 11.8 Å². The highest BCUT2D eigenvalue weighted by Gasteiger charge is 2.17. The fraction of sp³-hybridized carbons (Fsp3) is 0.0500. The molecule has 0 aliphatic rings. The number of nitrogens with zero attached hydrogens (tertiary/aromatic N) is 4. The van der Waals surface area contributed by atoms with Crippen molar-refractivity contribution < 1.29 is 4.79 Å². The first-order valence-corrected chi connectivity index (χ1v) is 9.33. The molecule has 0 unspecified atom stereocenters. The lowest BCUT2D eigenvalue weighted by Crippen LogP contribution is -2.11. The number of rotatable bonds is 4. The molecule has 3 N–H and O–H groups in total. The smallest absolute Gasteiger partial charge is 0.224 e.